The highest BCUT2D eigenvalue weighted by Crippen LogP contribution is 2.03. The number of hydrogen-bond acceptors (Lipinski definition) is 14. The topological polar surface area (TPSA) is 162 Å². The second kappa shape index (κ2) is 36.3. The number of rotatable bonds is 33. The number of aliphatic hydroxyl groups is 3. The molecule has 0 heterocycles. The molecule has 0 aliphatic carbocycles. The van der Waals surface area contributed by atoms with Crippen LogP contribution in [0.25, 0.3) is 0 Å². The molecular formula is C31H66O14. The largest absolute Gasteiger partial charge is 0.394 e. The van der Waals surface area contributed by atoms with Gasteiger partial charge in [0.25, 0.3) is 0 Å². The van der Waals surface area contributed by atoms with Crippen molar-refractivity contribution in [2.24, 2.45) is 0 Å². The molecule has 14 nitrogen and oxygen atoms in total. The van der Waals surface area contributed by atoms with Crippen LogP contribution < -0.4 is 0 Å². The van der Waals surface area contributed by atoms with Crippen LogP contribution in [0.4, 0.5) is 0 Å². The Hall–Kier alpha value is -0.560. The molecule has 6 unspecified atom stereocenters. The molecular weight excluding hydrogens is 596 g/mol. The van der Waals surface area contributed by atoms with E-state index in [1.807, 2.05) is 34.6 Å². The second-order valence-corrected chi connectivity index (χ2v) is 10.5. The third kappa shape index (κ3) is 39.5. The number of ether oxygens (including phenoxy) is 11. The Bertz CT molecular complexity index is 542. The van der Waals surface area contributed by atoms with Gasteiger partial charge in [0.1, 0.15) is 0 Å². The Morgan fingerprint density at radius 1 is 0.400 bits per heavy atom. The number of hydrogen-bond donors (Lipinski definition) is 3. The SMILES string of the molecule is CC(O)COC(C)COC(C)COC(C)COC(C)COC(C)CO.COCCOCCOCCOCCOCCOCCO. The summed E-state index contributed by atoms with van der Waals surface area (Å²) in [7, 11) is 1.64. The van der Waals surface area contributed by atoms with Gasteiger partial charge in [-0.3, -0.25) is 0 Å². The fraction of sp³-hybridized carbons (Fsp3) is 1.00. The molecule has 0 rings (SSSR count). The molecule has 0 aliphatic rings. The van der Waals surface area contributed by atoms with Crippen LogP contribution in [0.1, 0.15) is 41.5 Å². The summed E-state index contributed by atoms with van der Waals surface area (Å²) < 4.78 is 58.9. The van der Waals surface area contributed by atoms with Gasteiger partial charge in [0.15, 0.2) is 0 Å². The van der Waals surface area contributed by atoms with E-state index in [0.29, 0.717) is 106 Å². The van der Waals surface area contributed by atoms with E-state index in [4.69, 9.17) is 62.3 Å². The predicted molar refractivity (Wildman–Crippen MR) is 169 cm³/mol. The summed E-state index contributed by atoms with van der Waals surface area (Å²) in [6.07, 6.45) is -0.868. The summed E-state index contributed by atoms with van der Waals surface area (Å²) >= 11 is 0. The van der Waals surface area contributed by atoms with E-state index >= 15 is 0 Å². The standard InChI is InChI=1S/C18H38O7.C13H28O7/c1-13(20)8-21-15(3)10-23-17(5)12-25-18(6)11-24-16(4)9-22-14(2)7-19;1-15-4-5-17-8-9-19-12-13-20-11-10-18-7-6-16-3-2-14/h13-20H,7-12H2,1-6H3;14H,2-13H2,1H3. The van der Waals surface area contributed by atoms with E-state index in [1.165, 1.54) is 0 Å². The van der Waals surface area contributed by atoms with Crippen molar-refractivity contribution in [2.45, 2.75) is 78.2 Å². The van der Waals surface area contributed by atoms with Gasteiger partial charge >= 0.3 is 0 Å². The first-order valence-electron chi connectivity index (χ1n) is 16.0. The minimum absolute atomic E-state index is 0.00675. The summed E-state index contributed by atoms with van der Waals surface area (Å²) in [5.41, 5.74) is 0. The van der Waals surface area contributed by atoms with Crippen molar-refractivity contribution in [3.05, 3.63) is 0 Å². The van der Waals surface area contributed by atoms with Gasteiger partial charge in [-0.05, 0) is 41.5 Å². The quantitative estimate of drug-likeness (QED) is 0.0857. The fourth-order valence-electron chi connectivity index (χ4n) is 2.94. The van der Waals surface area contributed by atoms with E-state index in [2.05, 4.69) is 0 Å². The zero-order chi connectivity index (χ0) is 34.0. The number of aliphatic hydroxyl groups excluding tert-OH is 3. The Labute approximate surface area is 271 Å². The third-order valence-corrected chi connectivity index (χ3v) is 5.50. The van der Waals surface area contributed by atoms with Gasteiger partial charge in [-0.25, -0.2) is 0 Å². The van der Waals surface area contributed by atoms with Crippen molar-refractivity contribution in [3.63, 3.8) is 0 Å². The first-order valence-corrected chi connectivity index (χ1v) is 16.0. The van der Waals surface area contributed by atoms with E-state index in [-0.39, 0.29) is 43.7 Å². The molecule has 0 fully saturated rings. The summed E-state index contributed by atoms with van der Waals surface area (Å²) in [6, 6.07) is 0. The van der Waals surface area contributed by atoms with Gasteiger partial charge in [0.05, 0.1) is 156 Å². The first kappa shape index (κ1) is 46.6. The lowest BCUT2D eigenvalue weighted by Crippen LogP contribution is -2.29. The summed E-state index contributed by atoms with van der Waals surface area (Å²) in [5, 5.41) is 26.5. The van der Waals surface area contributed by atoms with Gasteiger partial charge in [0, 0.05) is 7.11 Å². The maximum Gasteiger partial charge on any atom is 0.0781 e. The van der Waals surface area contributed by atoms with E-state index in [0.717, 1.165) is 0 Å². The molecule has 0 bridgehead atoms. The van der Waals surface area contributed by atoms with E-state index < -0.39 is 6.10 Å². The van der Waals surface area contributed by atoms with Gasteiger partial charge in [0.2, 0.25) is 0 Å². The van der Waals surface area contributed by atoms with Gasteiger partial charge in [-0.15, -0.1) is 0 Å². The van der Waals surface area contributed by atoms with Gasteiger partial charge in [-0.1, -0.05) is 0 Å². The minimum atomic E-state index is -0.469. The predicted octanol–water partition coefficient (Wildman–Crippen LogP) is 1.09. The van der Waals surface area contributed by atoms with Crippen LogP contribution in [0.5, 0.6) is 0 Å². The van der Waals surface area contributed by atoms with Crippen molar-refractivity contribution in [1.29, 1.82) is 0 Å². The van der Waals surface area contributed by atoms with Crippen LogP contribution in [-0.4, -0.2) is 178 Å². The second-order valence-electron chi connectivity index (χ2n) is 10.5. The zero-order valence-electron chi connectivity index (χ0n) is 29.0. The molecule has 14 heteroatoms. The molecule has 274 valence electrons. The molecule has 45 heavy (non-hydrogen) atoms. The summed E-state index contributed by atoms with van der Waals surface area (Å²) in [6.45, 7) is 19.3. The molecule has 0 aliphatic heterocycles. The summed E-state index contributed by atoms with van der Waals surface area (Å²) in [4.78, 5) is 0. The first-order chi connectivity index (χ1) is 21.7. The van der Waals surface area contributed by atoms with Gasteiger partial charge < -0.3 is 67.4 Å². The Balaban J connectivity index is 0. The fourth-order valence-corrected chi connectivity index (χ4v) is 2.94. The van der Waals surface area contributed by atoms with Crippen LogP contribution >= 0.6 is 0 Å². The van der Waals surface area contributed by atoms with Crippen molar-refractivity contribution < 1.29 is 67.4 Å². The molecule has 0 saturated heterocycles. The molecule has 0 amide bonds. The molecule has 0 aromatic rings. The van der Waals surface area contributed by atoms with Crippen molar-refractivity contribution >= 4 is 0 Å². The lowest BCUT2D eigenvalue weighted by molar-refractivity contribution is -0.100. The Kier molecular flexibility index (Phi) is 37.5. The highest BCUT2D eigenvalue weighted by Gasteiger charge is 2.12. The lowest BCUT2D eigenvalue weighted by atomic mass is 10.3. The lowest BCUT2D eigenvalue weighted by Gasteiger charge is -2.22. The van der Waals surface area contributed by atoms with E-state index in [9.17, 15) is 5.11 Å². The van der Waals surface area contributed by atoms with Crippen LogP contribution in [0.3, 0.4) is 0 Å². The average Bonchev–Trinajstić information content (AvgIpc) is 3.03. The molecule has 6 atom stereocenters. The maximum absolute atomic E-state index is 9.17. The van der Waals surface area contributed by atoms with E-state index in [1.54, 1.807) is 14.0 Å². The Morgan fingerprint density at radius 3 is 0.978 bits per heavy atom. The smallest absolute Gasteiger partial charge is 0.0781 e. The van der Waals surface area contributed by atoms with Crippen LogP contribution in [0.15, 0.2) is 0 Å². The number of methoxy groups -OCH3 is 1. The summed E-state index contributed by atoms with van der Waals surface area (Å²) in [5.74, 6) is 0. The monoisotopic (exact) mass is 662 g/mol. The molecule has 0 aromatic heterocycles. The molecule has 3 N–H and O–H groups in total. The minimum Gasteiger partial charge on any atom is -0.394 e. The zero-order valence-corrected chi connectivity index (χ0v) is 29.0. The molecule has 0 spiro atoms. The van der Waals surface area contributed by atoms with Crippen LogP contribution in [0.2, 0.25) is 0 Å². The van der Waals surface area contributed by atoms with Crippen molar-refractivity contribution in [1.82, 2.24) is 0 Å². The Morgan fingerprint density at radius 2 is 0.689 bits per heavy atom. The normalized spacial score (nSPS) is 15.6. The van der Waals surface area contributed by atoms with Crippen molar-refractivity contribution in [3.8, 4) is 0 Å². The average molecular weight is 663 g/mol. The van der Waals surface area contributed by atoms with Crippen LogP contribution in [0, 0.1) is 0 Å². The molecule has 0 radical (unpaired) electrons. The highest BCUT2D eigenvalue weighted by atomic mass is 16.6. The van der Waals surface area contributed by atoms with Gasteiger partial charge in [-0.2, -0.15) is 0 Å². The molecule has 0 aromatic carbocycles. The van der Waals surface area contributed by atoms with Crippen LogP contribution in [-0.2, 0) is 52.1 Å². The third-order valence-electron chi connectivity index (χ3n) is 5.50. The molecule has 0 saturated carbocycles. The maximum atomic E-state index is 9.17. The highest BCUT2D eigenvalue weighted by molar-refractivity contribution is 4.58. The van der Waals surface area contributed by atoms with Crippen molar-refractivity contribution in [2.75, 3.05) is 126 Å².